The van der Waals surface area contributed by atoms with Crippen LogP contribution >= 0.6 is 0 Å². The molecule has 0 atom stereocenters. The molecule has 0 radical (unpaired) electrons. The van der Waals surface area contributed by atoms with E-state index in [1.54, 1.807) is 0 Å². The summed E-state index contributed by atoms with van der Waals surface area (Å²) in [4.78, 5) is 19.1. The first kappa shape index (κ1) is 13.4. The average Bonchev–Trinajstić information content (AvgIpc) is 3.20. The van der Waals surface area contributed by atoms with Gasteiger partial charge in [-0.15, -0.1) is 0 Å². The van der Waals surface area contributed by atoms with Gasteiger partial charge in [-0.25, -0.2) is 4.98 Å². The van der Waals surface area contributed by atoms with Gasteiger partial charge in [0.15, 0.2) is 0 Å². The van der Waals surface area contributed by atoms with Crippen LogP contribution in [-0.4, -0.2) is 33.4 Å². The van der Waals surface area contributed by atoms with Crippen molar-refractivity contribution >= 4 is 5.91 Å². The standard InChI is InChI=1S/C17H25N3O/c1-12-11-18-16(13-5-6-13)20(12)15-7-9-19(10-8-15)17(21)14-3-2-4-14/h11,13-15H,2-10H2,1H3. The Balaban J connectivity index is 1.43. The van der Waals surface area contributed by atoms with Gasteiger partial charge in [-0.05, 0) is 45.4 Å². The number of nitrogens with zero attached hydrogens (tertiary/aromatic N) is 3. The molecule has 0 aromatic carbocycles. The minimum atomic E-state index is 0.346. The highest BCUT2D eigenvalue weighted by Gasteiger charge is 2.34. The summed E-state index contributed by atoms with van der Waals surface area (Å²) in [5.41, 5.74) is 1.29. The summed E-state index contributed by atoms with van der Waals surface area (Å²) in [5.74, 6) is 2.77. The number of carbonyl (C=O) groups is 1. The van der Waals surface area contributed by atoms with Crippen LogP contribution < -0.4 is 0 Å². The molecule has 1 aromatic heterocycles. The van der Waals surface area contributed by atoms with Gasteiger partial charge in [0.1, 0.15) is 5.82 Å². The Hall–Kier alpha value is -1.32. The van der Waals surface area contributed by atoms with Crippen LogP contribution in [0.5, 0.6) is 0 Å². The Kier molecular flexibility index (Phi) is 3.27. The zero-order valence-electron chi connectivity index (χ0n) is 12.9. The highest BCUT2D eigenvalue weighted by Crippen LogP contribution is 2.41. The molecule has 0 bridgehead atoms. The van der Waals surface area contributed by atoms with Crippen molar-refractivity contribution < 1.29 is 4.79 Å². The lowest BCUT2D eigenvalue weighted by Crippen LogP contribution is -2.44. The van der Waals surface area contributed by atoms with E-state index in [0.717, 1.165) is 38.8 Å². The first-order valence-corrected chi connectivity index (χ1v) is 8.56. The summed E-state index contributed by atoms with van der Waals surface area (Å²) in [6.45, 7) is 4.04. The van der Waals surface area contributed by atoms with Gasteiger partial charge in [-0.2, -0.15) is 0 Å². The van der Waals surface area contributed by atoms with E-state index in [0.29, 0.717) is 23.8 Å². The lowest BCUT2D eigenvalue weighted by atomic mass is 9.84. The first-order valence-electron chi connectivity index (χ1n) is 8.56. The average molecular weight is 287 g/mol. The third-order valence-corrected chi connectivity index (χ3v) is 5.55. The molecular formula is C17H25N3O. The molecule has 1 aromatic rings. The molecule has 3 fully saturated rings. The van der Waals surface area contributed by atoms with Gasteiger partial charge in [-0.1, -0.05) is 6.42 Å². The summed E-state index contributed by atoms with van der Waals surface area (Å²) >= 11 is 0. The highest BCUT2D eigenvalue weighted by atomic mass is 16.2. The number of aryl methyl sites for hydroxylation is 1. The van der Waals surface area contributed by atoms with Crippen molar-refractivity contribution in [3.63, 3.8) is 0 Å². The molecule has 1 aliphatic heterocycles. The second-order valence-corrected chi connectivity index (χ2v) is 7.09. The van der Waals surface area contributed by atoms with Gasteiger partial charge in [0.05, 0.1) is 0 Å². The van der Waals surface area contributed by atoms with Gasteiger partial charge in [0.25, 0.3) is 0 Å². The third-order valence-electron chi connectivity index (χ3n) is 5.55. The van der Waals surface area contributed by atoms with Crippen molar-refractivity contribution in [1.82, 2.24) is 14.5 Å². The Labute approximate surface area is 126 Å². The van der Waals surface area contributed by atoms with Gasteiger partial charge in [0, 0.05) is 42.9 Å². The van der Waals surface area contributed by atoms with Crippen molar-refractivity contribution in [2.24, 2.45) is 5.92 Å². The zero-order chi connectivity index (χ0) is 14.4. The van der Waals surface area contributed by atoms with Crippen molar-refractivity contribution in [2.75, 3.05) is 13.1 Å². The monoisotopic (exact) mass is 287 g/mol. The molecule has 4 nitrogen and oxygen atoms in total. The quantitative estimate of drug-likeness (QED) is 0.857. The maximum atomic E-state index is 12.3. The summed E-state index contributed by atoms with van der Waals surface area (Å²) in [6, 6.07) is 0.550. The normalized spacial score (nSPS) is 24.1. The predicted molar refractivity (Wildman–Crippen MR) is 81.1 cm³/mol. The van der Waals surface area contributed by atoms with E-state index in [9.17, 15) is 4.79 Å². The van der Waals surface area contributed by atoms with Crippen LogP contribution in [0.1, 0.15) is 68.4 Å². The van der Waals surface area contributed by atoms with Crippen LogP contribution in [0.2, 0.25) is 0 Å². The largest absolute Gasteiger partial charge is 0.342 e. The maximum absolute atomic E-state index is 12.3. The molecule has 0 spiro atoms. The minimum absolute atomic E-state index is 0.346. The fourth-order valence-corrected chi connectivity index (χ4v) is 3.84. The van der Waals surface area contributed by atoms with E-state index in [4.69, 9.17) is 0 Å². The molecule has 2 heterocycles. The van der Waals surface area contributed by atoms with Gasteiger partial charge in [0.2, 0.25) is 5.91 Å². The smallest absolute Gasteiger partial charge is 0.225 e. The molecule has 0 unspecified atom stereocenters. The summed E-state index contributed by atoms with van der Waals surface area (Å²) in [7, 11) is 0. The summed E-state index contributed by atoms with van der Waals surface area (Å²) in [6.07, 6.45) is 10.3. The van der Waals surface area contributed by atoms with E-state index in [-0.39, 0.29) is 0 Å². The number of rotatable bonds is 3. The summed E-state index contributed by atoms with van der Waals surface area (Å²) < 4.78 is 2.48. The number of aromatic nitrogens is 2. The lowest BCUT2D eigenvalue weighted by molar-refractivity contribution is -0.139. The van der Waals surface area contributed by atoms with Crippen LogP contribution in [0.3, 0.4) is 0 Å². The van der Waals surface area contributed by atoms with E-state index < -0.39 is 0 Å². The van der Waals surface area contributed by atoms with Crippen molar-refractivity contribution in [1.29, 1.82) is 0 Å². The van der Waals surface area contributed by atoms with E-state index in [1.807, 2.05) is 6.20 Å². The molecular weight excluding hydrogens is 262 g/mol. The number of piperidine rings is 1. The molecule has 0 N–H and O–H groups in total. The maximum Gasteiger partial charge on any atom is 0.225 e. The van der Waals surface area contributed by atoms with E-state index in [1.165, 1.54) is 30.8 Å². The number of hydrogen-bond donors (Lipinski definition) is 0. The zero-order valence-corrected chi connectivity index (χ0v) is 12.9. The highest BCUT2D eigenvalue weighted by molar-refractivity contribution is 5.79. The molecule has 114 valence electrons. The fraction of sp³-hybridized carbons (Fsp3) is 0.765. The van der Waals surface area contributed by atoms with Crippen molar-refractivity contribution in [3.05, 3.63) is 17.7 Å². The van der Waals surface area contributed by atoms with Crippen LogP contribution in [0.4, 0.5) is 0 Å². The second-order valence-electron chi connectivity index (χ2n) is 7.09. The number of carbonyl (C=O) groups excluding carboxylic acids is 1. The molecule has 2 saturated carbocycles. The van der Waals surface area contributed by atoms with Crippen LogP contribution in [-0.2, 0) is 4.79 Å². The number of amides is 1. The third kappa shape index (κ3) is 2.39. The van der Waals surface area contributed by atoms with E-state index in [2.05, 4.69) is 21.4 Å². The molecule has 2 aliphatic carbocycles. The van der Waals surface area contributed by atoms with Gasteiger partial charge < -0.3 is 9.47 Å². The topological polar surface area (TPSA) is 38.1 Å². The molecule has 1 saturated heterocycles. The van der Waals surface area contributed by atoms with Crippen LogP contribution in [0.25, 0.3) is 0 Å². The number of likely N-dealkylation sites (tertiary alicyclic amines) is 1. The van der Waals surface area contributed by atoms with Gasteiger partial charge in [-0.3, -0.25) is 4.79 Å². The first-order chi connectivity index (χ1) is 10.2. The Bertz CT molecular complexity index is 534. The predicted octanol–water partition coefficient (Wildman–Crippen LogP) is 3.03. The fourth-order valence-electron chi connectivity index (χ4n) is 3.84. The van der Waals surface area contributed by atoms with Crippen LogP contribution in [0.15, 0.2) is 6.20 Å². The minimum Gasteiger partial charge on any atom is -0.342 e. The molecule has 3 aliphatic rings. The summed E-state index contributed by atoms with van der Waals surface area (Å²) in [5, 5.41) is 0. The van der Waals surface area contributed by atoms with Crippen molar-refractivity contribution in [2.45, 2.75) is 63.8 Å². The number of imidazole rings is 1. The van der Waals surface area contributed by atoms with E-state index >= 15 is 0 Å². The lowest BCUT2D eigenvalue weighted by Gasteiger charge is -2.37. The number of hydrogen-bond acceptors (Lipinski definition) is 2. The molecule has 21 heavy (non-hydrogen) atoms. The van der Waals surface area contributed by atoms with Gasteiger partial charge >= 0.3 is 0 Å². The second kappa shape index (κ2) is 5.15. The molecule has 4 rings (SSSR count). The Morgan fingerprint density at radius 1 is 1.14 bits per heavy atom. The Morgan fingerprint density at radius 3 is 2.43 bits per heavy atom. The molecule has 1 amide bonds. The molecule has 4 heteroatoms. The SMILES string of the molecule is Cc1cnc(C2CC2)n1C1CCN(C(=O)C2CCC2)CC1. The van der Waals surface area contributed by atoms with Crippen molar-refractivity contribution in [3.8, 4) is 0 Å². The Morgan fingerprint density at radius 2 is 1.86 bits per heavy atom. The van der Waals surface area contributed by atoms with Crippen LogP contribution in [0, 0.1) is 12.8 Å².